The summed E-state index contributed by atoms with van der Waals surface area (Å²) in [5, 5.41) is 11.1. The highest BCUT2D eigenvalue weighted by atomic mass is 35.5. The van der Waals surface area contributed by atoms with E-state index in [0.717, 1.165) is 10.6 Å². The zero-order valence-electron chi connectivity index (χ0n) is 11.5. The van der Waals surface area contributed by atoms with Crippen LogP contribution < -0.4 is 0 Å². The molecule has 0 spiro atoms. The summed E-state index contributed by atoms with van der Waals surface area (Å²) in [5.74, 6) is 0. The molecule has 2 aliphatic heterocycles. The lowest BCUT2D eigenvalue weighted by Crippen LogP contribution is -2.33. The molecule has 1 aromatic carbocycles. The van der Waals surface area contributed by atoms with Crippen LogP contribution in [0.1, 0.15) is 5.56 Å². The fourth-order valence-corrected chi connectivity index (χ4v) is 3.48. The Balaban J connectivity index is 1.54. The molecule has 3 rings (SSSR count). The van der Waals surface area contributed by atoms with Crippen molar-refractivity contribution in [3.63, 3.8) is 0 Å². The molecule has 0 aliphatic carbocycles. The fourth-order valence-electron chi connectivity index (χ4n) is 2.15. The molecule has 22 heavy (non-hydrogen) atoms. The third-order valence-electron chi connectivity index (χ3n) is 3.18. The molecule has 2 heterocycles. The van der Waals surface area contributed by atoms with Gasteiger partial charge in [0.1, 0.15) is 16.3 Å². The molecule has 2 aliphatic rings. The highest BCUT2D eigenvalue weighted by molar-refractivity contribution is 8.14. The van der Waals surface area contributed by atoms with E-state index in [1.54, 1.807) is 5.01 Å². The number of ether oxygens (including phenoxy) is 1. The average molecular weight is 337 g/mol. The summed E-state index contributed by atoms with van der Waals surface area (Å²) in [6, 6.07) is 9.69. The Labute approximate surface area is 136 Å². The van der Waals surface area contributed by atoms with E-state index in [2.05, 4.69) is 20.1 Å². The molecule has 0 saturated carbocycles. The largest absolute Gasteiger partial charge is 0.370 e. The van der Waals surface area contributed by atoms with E-state index in [0.29, 0.717) is 18.4 Å². The average Bonchev–Trinajstić information content (AvgIpc) is 3.03. The number of rotatable bonds is 6. The highest BCUT2D eigenvalue weighted by Crippen LogP contribution is 2.35. The van der Waals surface area contributed by atoms with E-state index in [1.165, 1.54) is 11.8 Å². The predicted octanol–water partition coefficient (Wildman–Crippen LogP) is 3.18. The van der Waals surface area contributed by atoms with Crippen LogP contribution in [0.3, 0.4) is 0 Å². The normalized spacial score (nSPS) is 22.9. The lowest BCUT2D eigenvalue weighted by atomic mass is 10.2. The van der Waals surface area contributed by atoms with Gasteiger partial charge in [0.25, 0.3) is 0 Å². The molecule has 0 aromatic heterocycles. The fraction of sp³-hybridized carbons (Fsp3) is 0.385. The van der Waals surface area contributed by atoms with Crippen molar-refractivity contribution >= 4 is 33.6 Å². The topological polar surface area (TPSA) is 86.0 Å². The number of aliphatic imine (C=N–C) groups is 1. The van der Waals surface area contributed by atoms with E-state index in [1.807, 2.05) is 30.3 Å². The zero-order valence-corrected chi connectivity index (χ0v) is 13.1. The molecule has 0 fully saturated rings. The Morgan fingerprint density at radius 1 is 1.36 bits per heavy atom. The van der Waals surface area contributed by atoms with Gasteiger partial charge in [0.2, 0.25) is 0 Å². The maximum Gasteiger partial charge on any atom is 0.191 e. The number of fused-ring (bicyclic) bond motifs is 1. The van der Waals surface area contributed by atoms with Gasteiger partial charge in [0.05, 0.1) is 19.8 Å². The minimum Gasteiger partial charge on any atom is -0.370 e. The van der Waals surface area contributed by atoms with Gasteiger partial charge in [-0.2, -0.15) is 5.10 Å². The molecular weight excluding hydrogens is 324 g/mol. The van der Waals surface area contributed by atoms with Crippen molar-refractivity contribution < 1.29 is 4.74 Å². The van der Waals surface area contributed by atoms with Crippen molar-refractivity contribution in [2.45, 2.75) is 18.1 Å². The van der Waals surface area contributed by atoms with Gasteiger partial charge >= 0.3 is 0 Å². The SMILES string of the molecule is [N-]=[N+]=NCC1C(Cl)=NC2SC(COCc3ccccc3)=NN21. The van der Waals surface area contributed by atoms with Crippen LogP contribution in [-0.2, 0) is 11.3 Å². The van der Waals surface area contributed by atoms with Crippen LogP contribution in [0.5, 0.6) is 0 Å². The maximum absolute atomic E-state index is 8.43. The number of hydrogen-bond donors (Lipinski definition) is 0. The molecule has 114 valence electrons. The Morgan fingerprint density at radius 3 is 2.95 bits per heavy atom. The van der Waals surface area contributed by atoms with Crippen LogP contribution in [0, 0.1) is 0 Å². The number of halogens is 1. The van der Waals surface area contributed by atoms with Crippen LogP contribution in [-0.4, -0.2) is 39.9 Å². The van der Waals surface area contributed by atoms with Gasteiger partial charge in [0, 0.05) is 4.91 Å². The smallest absolute Gasteiger partial charge is 0.191 e. The van der Waals surface area contributed by atoms with E-state index in [4.69, 9.17) is 21.9 Å². The van der Waals surface area contributed by atoms with Crippen LogP contribution in [0.2, 0.25) is 0 Å². The number of benzene rings is 1. The minimum atomic E-state index is -0.276. The van der Waals surface area contributed by atoms with Gasteiger partial charge < -0.3 is 4.74 Å². The molecule has 0 N–H and O–H groups in total. The first-order valence-corrected chi connectivity index (χ1v) is 7.92. The third-order valence-corrected chi connectivity index (χ3v) is 4.53. The van der Waals surface area contributed by atoms with Crippen LogP contribution in [0.15, 0.2) is 45.5 Å². The first-order valence-electron chi connectivity index (χ1n) is 6.66. The monoisotopic (exact) mass is 336 g/mol. The first kappa shape index (κ1) is 15.2. The molecule has 0 radical (unpaired) electrons. The highest BCUT2D eigenvalue weighted by Gasteiger charge is 2.39. The van der Waals surface area contributed by atoms with Crippen molar-refractivity contribution in [2.75, 3.05) is 13.2 Å². The Bertz CT molecular complexity index is 645. The molecule has 1 aromatic rings. The van der Waals surface area contributed by atoms with E-state index >= 15 is 0 Å². The van der Waals surface area contributed by atoms with Gasteiger partial charge in [-0.3, -0.25) is 5.01 Å². The zero-order chi connectivity index (χ0) is 15.4. The number of thioether (sulfide) groups is 1. The minimum absolute atomic E-state index is 0.179. The summed E-state index contributed by atoms with van der Waals surface area (Å²) in [6.07, 6.45) is 0. The second kappa shape index (κ2) is 7.02. The third kappa shape index (κ3) is 3.36. The molecule has 2 atom stereocenters. The number of hydrogen-bond acceptors (Lipinski definition) is 6. The summed E-state index contributed by atoms with van der Waals surface area (Å²) in [7, 11) is 0. The quantitative estimate of drug-likeness (QED) is 0.454. The van der Waals surface area contributed by atoms with E-state index in [-0.39, 0.29) is 18.1 Å². The predicted molar refractivity (Wildman–Crippen MR) is 87.8 cm³/mol. The van der Waals surface area contributed by atoms with Crippen LogP contribution in [0.4, 0.5) is 0 Å². The molecule has 9 heteroatoms. The molecule has 0 bridgehead atoms. The summed E-state index contributed by atoms with van der Waals surface area (Å²) in [4.78, 5) is 7.07. The molecule has 0 saturated heterocycles. The van der Waals surface area contributed by atoms with Gasteiger partial charge in [-0.25, -0.2) is 4.99 Å². The van der Waals surface area contributed by atoms with E-state index < -0.39 is 0 Å². The second-order valence-electron chi connectivity index (χ2n) is 4.68. The lowest BCUT2D eigenvalue weighted by Gasteiger charge is -2.18. The van der Waals surface area contributed by atoms with Crippen molar-refractivity contribution in [1.29, 1.82) is 0 Å². The van der Waals surface area contributed by atoms with Crippen molar-refractivity contribution in [3.8, 4) is 0 Å². The van der Waals surface area contributed by atoms with Gasteiger partial charge in [-0.15, -0.1) is 0 Å². The summed E-state index contributed by atoms with van der Waals surface area (Å²) >= 11 is 7.56. The summed E-state index contributed by atoms with van der Waals surface area (Å²) < 4.78 is 5.67. The van der Waals surface area contributed by atoms with Gasteiger partial charge in [-0.1, -0.05) is 58.8 Å². The number of hydrazone groups is 1. The molecule has 0 amide bonds. The molecule has 2 unspecified atom stereocenters. The molecular formula is C13H13ClN6OS. The Morgan fingerprint density at radius 2 is 2.18 bits per heavy atom. The number of nitrogens with zero attached hydrogens (tertiary/aromatic N) is 6. The van der Waals surface area contributed by atoms with Gasteiger partial charge in [0.15, 0.2) is 5.50 Å². The van der Waals surface area contributed by atoms with Crippen molar-refractivity contribution in [1.82, 2.24) is 5.01 Å². The second-order valence-corrected chi connectivity index (χ2v) is 6.19. The Kier molecular flexibility index (Phi) is 4.84. The number of azide groups is 1. The van der Waals surface area contributed by atoms with Crippen molar-refractivity contribution in [2.24, 2.45) is 15.2 Å². The van der Waals surface area contributed by atoms with E-state index in [9.17, 15) is 0 Å². The standard InChI is InChI=1S/C13H13ClN6OS/c14-12-10(6-16-19-15)20-13(17-12)22-11(18-20)8-21-7-9-4-2-1-3-5-9/h1-5,10,13H,6-8H2. The van der Waals surface area contributed by atoms with Gasteiger partial charge in [-0.05, 0) is 11.1 Å². The Hall–Kier alpha value is -1.73. The summed E-state index contributed by atoms with van der Waals surface area (Å²) in [5.41, 5.74) is 9.37. The lowest BCUT2D eigenvalue weighted by molar-refractivity contribution is 0.158. The summed E-state index contributed by atoms with van der Waals surface area (Å²) in [6.45, 7) is 1.18. The first-order chi connectivity index (χ1) is 10.8. The molecule has 7 nitrogen and oxygen atoms in total. The van der Waals surface area contributed by atoms with Crippen LogP contribution in [0.25, 0.3) is 10.4 Å². The van der Waals surface area contributed by atoms with Crippen LogP contribution >= 0.6 is 23.4 Å². The van der Waals surface area contributed by atoms with Crippen molar-refractivity contribution in [3.05, 3.63) is 46.3 Å². The maximum atomic E-state index is 8.43.